The van der Waals surface area contributed by atoms with Gasteiger partial charge in [0.15, 0.2) is 0 Å². The molecule has 0 aromatic heterocycles. The first-order valence-corrected chi connectivity index (χ1v) is 6.34. The second-order valence-corrected chi connectivity index (χ2v) is 4.97. The smallest absolute Gasteiger partial charge is 0.00494 e. The van der Waals surface area contributed by atoms with Crippen molar-refractivity contribution >= 4 is 0 Å². The third kappa shape index (κ3) is 4.36. The van der Waals surface area contributed by atoms with Crippen molar-refractivity contribution in [2.75, 3.05) is 13.6 Å². The summed E-state index contributed by atoms with van der Waals surface area (Å²) in [7, 11) is 2.03. The van der Waals surface area contributed by atoms with Crippen LogP contribution < -0.4 is 5.32 Å². The minimum absolute atomic E-state index is 0.812. The van der Waals surface area contributed by atoms with Gasteiger partial charge in [-0.05, 0) is 63.7 Å². The van der Waals surface area contributed by atoms with E-state index >= 15 is 0 Å². The molecule has 0 radical (unpaired) electrons. The molecular formula is C15H25N. The van der Waals surface area contributed by atoms with Gasteiger partial charge in [-0.25, -0.2) is 0 Å². The van der Waals surface area contributed by atoms with Crippen LogP contribution in [0.15, 0.2) is 18.2 Å². The van der Waals surface area contributed by atoms with E-state index in [2.05, 4.69) is 44.3 Å². The lowest BCUT2D eigenvalue weighted by Gasteiger charge is -2.12. The molecule has 1 unspecified atom stereocenters. The summed E-state index contributed by atoms with van der Waals surface area (Å²) in [6, 6.07) is 6.77. The third-order valence-electron chi connectivity index (χ3n) is 3.30. The highest BCUT2D eigenvalue weighted by atomic mass is 14.8. The summed E-state index contributed by atoms with van der Waals surface area (Å²) >= 11 is 0. The molecule has 0 saturated carbocycles. The van der Waals surface area contributed by atoms with Gasteiger partial charge in [0, 0.05) is 0 Å². The van der Waals surface area contributed by atoms with Crippen LogP contribution in [0.5, 0.6) is 0 Å². The van der Waals surface area contributed by atoms with E-state index in [1.807, 2.05) is 7.05 Å². The van der Waals surface area contributed by atoms with E-state index in [0.29, 0.717) is 0 Å². The Labute approximate surface area is 100 Å². The number of hydrogen-bond donors (Lipinski definition) is 1. The summed E-state index contributed by atoms with van der Waals surface area (Å²) in [5.74, 6) is 0.812. The molecule has 0 saturated heterocycles. The number of rotatable bonds is 6. The predicted octanol–water partition coefficient (Wildman–Crippen LogP) is 3.48. The molecule has 0 aliphatic carbocycles. The fourth-order valence-corrected chi connectivity index (χ4v) is 2.01. The summed E-state index contributed by atoms with van der Waals surface area (Å²) in [4.78, 5) is 0. The van der Waals surface area contributed by atoms with Crippen molar-refractivity contribution in [3.8, 4) is 0 Å². The first-order chi connectivity index (χ1) is 7.63. The number of benzene rings is 1. The Morgan fingerprint density at radius 2 is 1.94 bits per heavy atom. The highest BCUT2D eigenvalue weighted by Gasteiger charge is 2.04. The zero-order valence-corrected chi connectivity index (χ0v) is 11.1. The van der Waals surface area contributed by atoms with Crippen LogP contribution in [0.1, 0.15) is 36.5 Å². The molecule has 0 aliphatic rings. The van der Waals surface area contributed by atoms with E-state index in [9.17, 15) is 0 Å². The Morgan fingerprint density at radius 3 is 2.62 bits per heavy atom. The van der Waals surface area contributed by atoms with Crippen molar-refractivity contribution in [3.05, 3.63) is 34.9 Å². The highest BCUT2D eigenvalue weighted by molar-refractivity contribution is 5.30. The quantitative estimate of drug-likeness (QED) is 0.772. The summed E-state index contributed by atoms with van der Waals surface area (Å²) in [5, 5.41) is 3.22. The standard InChI is InChI=1S/C15H25N/c1-12(9-10-16-4)6-8-15-11-13(2)5-7-14(15)3/h5,7,11-12,16H,6,8-10H2,1-4H3. The third-order valence-corrected chi connectivity index (χ3v) is 3.30. The molecule has 16 heavy (non-hydrogen) atoms. The molecule has 1 aromatic carbocycles. The van der Waals surface area contributed by atoms with E-state index in [4.69, 9.17) is 0 Å². The van der Waals surface area contributed by atoms with Crippen LogP contribution in [-0.4, -0.2) is 13.6 Å². The van der Waals surface area contributed by atoms with Gasteiger partial charge in [-0.3, -0.25) is 0 Å². The second-order valence-electron chi connectivity index (χ2n) is 4.97. The Bertz CT molecular complexity index is 317. The van der Waals surface area contributed by atoms with Gasteiger partial charge >= 0.3 is 0 Å². The van der Waals surface area contributed by atoms with Gasteiger partial charge in [0.05, 0.1) is 0 Å². The maximum atomic E-state index is 3.22. The van der Waals surface area contributed by atoms with Crippen LogP contribution in [0.25, 0.3) is 0 Å². The molecule has 1 heteroatoms. The van der Waals surface area contributed by atoms with Gasteiger partial charge in [0.25, 0.3) is 0 Å². The molecule has 0 aliphatic heterocycles. The molecule has 1 atom stereocenters. The Balaban J connectivity index is 2.44. The van der Waals surface area contributed by atoms with Crippen molar-refractivity contribution < 1.29 is 0 Å². The van der Waals surface area contributed by atoms with Gasteiger partial charge in [-0.1, -0.05) is 30.7 Å². The SMILES string of the molecule is CNCCC(C)CCc1cc(C)ccc1C. The normalized spacial score (nSPS) is 12.8. The molecule has 0 heterocycles. The molecule has 1 aromatic rings. The largest absolute Gasteiger partial charge is 0.320 e. The molecule has 1 nitrogen and oxygen atoms in total. The zero-order valence-electron chi connectivity index (χ0n) is 11.1. The van der Waals surface area contributed by atoms with Crippen LogP contribution in [0, 0.1) is 19.8 Å². The summed E-state index contributed by atoms with van der Waals surface area (Å²) in [5.41, 5.74) is 4.34. The van der Waals surface area contributed by atoms with Gasteiger partial charge in [-0.15, -0.1) is 0 Å². The minimum atomic E-state index is 0.812. The van der Waals surface area contributed by atoms with Crippen LogP contribution in [0.2, 0.25) is 0 Å². The van der Waals surface area contributed by atoms with Gasteiger partial charge in [0.2, 0.25) is 0 Å². The van der Waals surface area contributed by atoms with Crippen molar-refractivity contribution in [2.24, 2.45) is 5.92 Å². The summed E-state index contributed by atoms with van der Waals surface area (Å²) in [6.45, 7) is 7.87. The number of nitrogens with one attached hydrogen (secondary N) is 1. The molecule has 0 fully saturated rings. The Morgan fingerprint density at radius 1 is 1.19 bits per heavy atom. The van der Waals surface area contributed by atoms with E-state index < -0.39 is 0 Å². The molecule has 90 valence electrons. The molecule has 0 bridgehead atoms. The topological polar surface area (TPSA) is 12.0 Å². The lowest BCUT2D eigenvalue weighted by atomic mass is 9.95. The molecule has 0 spiro atoms. The highest BCUT2D eigenvalue weighted by Crippen LogP contribution is 2.16. The van der Waals surface area contributed by atoms with Crippen LogP contribution in [0.3, 0.4) is 0 Å². The van der Waals surface area contributed by atoms with E-state index in [-0.39, 0.29) is 0 Å². The fourth-order valence-electron chi connectivity index (χ4n) is 2.01. The molecule has 1 N–H and O–H groups in total. The first-order valence-electron chi connectivity index (χ1n) is 6.34. The van der Waals surface area contributed by atoms with Crippen molar-refractivity contribution in [1.82, 2.24) is 5.32 Å². The Kier molecular flexibility index (Phi) is 5.54. The van der Waals surface area contributed by atoms with E-state index in [1.54, 1.807) is 0 Å². The van der Waals surface area contributed by atoms with Gasteiger partial charge < -0.3 is 5.32 Å². The van der Waals surface area contributed by atoms with Crippen LogP contribution in [0.4, 0.5) is 0 Å². The average Bonchev–Trinajstić information content (AvgIpc) is 2.27. The van der Waals surface area contributed by atoms with Crippen LogP contribution >= 0.6 is 0 Å². The van der Waals surface area contributed by atoms with Gasteiger partial charge in [-0.2, -0.15) is 0 Å². The van der Waals surface area contributed by atoms with E-state index in [1.165, 1.54) is 36.0 Å². The van der Waals surface area contributed by atoms with Crippen molar-refractivity contribution in [1.29, 1.82) is 0 Å². The summed E-state index contributed by atoms with van der Waals surface area (Å²) < 4.78 is 0. The van der Waals surface area contributed by atoms with Crippen LogP contribution in [-0.2, 0) is 6.42 Å². The fraction of sp³-hybridized carbons (Fsp3) is 0.600. The molecule has 0 amide bonds. The molecule has 1 rings (SSSR count). The lowest BCUT2D eigenvalue weighted by Crippen LogP contribution is -2.12. The van der Waals surface area contributed by atoms with Crippen molar-refractivity contribution in [2.45, 2.75) is 40.0 Å². The Hall–Kier alpha value is -0.820. The number of hydrogen-bond acceptors (Lipinski definition) is 1. The lowest BCUT2D eigenvalue weighted by molar-refractivity contribution is 0.481. The number of aryl methyl sites for hydroxylation is 3. The maximum absolute atomic E-state index is 3.22. The van der Waals surface area contributed by atoms with Gasteiger partial charge in [0.1, 0.15) is 0 Å². The average molecular weight is 219 g/mol. The first kappa shape index (κ1) is 13.2. The molecular weight excluding hydrogens is 194 g/mol. The second kappa shape index (κ2) is 6.70. The monoisotopic (exact) mass is 219 g/mol. The summed E-state index contributed by atoms with van der Waals surface area (Å²) in [6.07, 6.45) is 3.80. The zero-order chi connectivity index (χ0) is 12.0. The maximum Gasteiger partial charge on any atom is -0.00494 e. The minimum Gasteiger partial charge on any atom is -0.320 e. The van der Waals surface area contributed by atoms with Crippen molar-refractivity contribution in [3.63, 3.8) is 0 Å². The van der Waals surface area contributed by atoms with E-state index in [0.717, 1.165) is 12.5 Å². The predicted molar refractivity (Wildman–Crippen MR) is 71.9 cm³/mol.